The zero-order chi connectivity index (χ0) is 26.3. The first-order chi connectivity index (χ1) is 17.8. The average molecular weight is 536 g/mol. The first kappa shape index (κ1) is 24.8. The summed E-state index contributed by atoms with van der Waals surface area (Å²) in [6.45, 7) is 0.0168. The molecule has 0 aliphatic carbocycles. The Morgan fingerprint density at radius 1 is 1.00 bits per heavy atom. The van der Waals surface area contributed by atoms with Crippen LogP contribution in [-0.2, 0) is 16.1 Å². The van der Waals surface area contributed by atoms with Gasteiger partial charge < -0.3 is 14.7 Å². The number of Topliss-reactive ketones (excluding diaryl/α,β-unsaturated/α-hetero) is 1. The summed E-state index contributed by atoms with van der Waals surface area (Å²) in [5.74, 6) is -2.42. The van der Waals surface area contributed by atoms with Gasteiger partial charge in [-0.15, -0.1) is 0 Å². The van der Waals surface area contributed by atoms with Crippen LogP contribution < -0.4 is 4.74 Å². The van der Waals surface area contributed by atoms with Crippen molar-refractivity contribution in [1.29, 1.82) is 0 Å². The first-order valence-corrected chi connectivity index (χ1v) is 12.1. The molecule has 8 heteroatoms. The maximum Gasteiger partial charge on any atom is 0.295 e. The normalized spacial score (nSPS) is 17.0. The van der Waals surface area contributed by atoms with Crippen molar-refractivity contribution >= 4 is 51.4 Å². The molecule has 1 saturated heterocycles. The summed E-state index contributed by atoms with van der Waals surface area (Å²) >= 11 is 12.5. The fourth-order valence-electron chi connectivity index (χ4n) is 4.73. The number of nitrogens with zero attached hydrogens (tertiary/aromatic N) is 1. The highest BCUT2D eigenvalue weighted by Crippen LogP contribution is 2.45. The van der Waals surface area contributed by atoms with E-state index in [-0.39, 0.29) is 33.5 Å². The zero-order valence-corrected chi connectivity index (χ0v) is 21.1. The second-order valence-electron chi connectivity index (χ2n) is 8.59. The first-order valence-electron chi connectivity index (χ1n) is 11.3. The molecule has 1 unspecified atom stereocenters. The monoisotopic (exact) mass is 535 g/mol. The summed E-state index contributed by atoms with van der Waals surface area (Å²) in [5.41, 5.74) is 1.23. The van der Waals surface area contributed by atoms with Crippen molar-refractivity contribution in [2.45, 2.75) is 12.6 Å². The number of ketones is 1. The molecule has 0 radical (unpaired) electrons. The van der Waals surface area contributed by atoms with Crippen LogP contribution in [0.25, 0.3) is 16.5 Å². The van der Waals surface area contributed by atoms with E-state index in [1.165, 1.54) is 36.3 Å². The molecular formula is C29H20Cl2FNO4. The Balaban J connectivity index is 1.77. The van der Waals surface area contributed by atoms with Gasteiger partial charge in [-0.05, 0) is 46.2 Å². The second-order valence-corrected chi connectivity index (χ2v) is 9.43. The van der Waals surface area contributed by atoms with E-state index in [0.717, 1.165) is 10.8 Å². The number of ether oxygens (including phenoxy) is 1. The van der Waals surface area contributed by atoms with E-state index in [1.54, 1.807) is 12.1 Å². The predicted molar refractivity (Wildman–Crippen MR) is 141 cm³/mol. The van der Waals surface area contributed by atoms with Crippen molar-refractivity contribution in [2.75, 3.05) is 7.11 Å². The lowest BCUT2D eigenvalue weighted by Gasteiger charge is -2.26. The third-order valence-electron chi connectivity index (χ3n) is 6.39. The van der Waals surface area contributed by atoms with Gasteiger partial charge in [-0.25, -0.2) is 4.39 Å². The van der Waals surface area contributed by atoms with Gasteiger partial charge >= 0.3 is 0 Å². The largest absolute Gasteiger partial charge is 0.507 e. The molecule has 1 N–H and O–H groups in total. The highest BCUT2D eigenvalue weighted by Gasteiger charge is 2.47. The fourth-order valence-corrected chi connectivity index (χ4v) is 5.30. The molecule has 1 amide bonds. The number of methoxy groups -OCH3 is 1. The third-order valence-corrected chi connectivity index (χ3v) is 6.89. The van der Waals surface area contributed by atoms with Crippen LogP contribution in [0, 0.1) is 5.82 Å². The minimum absolute atomic E-state index is 0.0168. The summed E-state index contributed by atoms with van der Waals surface area (Å²) in [6, 6.07) is 20.7. The second kappa shape index (κ2) is 9.88. The van der Waals surface area contributed by atoms with Gasteiger partial charge in [0.25, 0.3) is 11.7 Å². The van der Waals surface area contributed by atoms with E-state index < -0.39 is 29.3 Å². The summed E-state index contributed by atoms with van der Waals surface area (Å²) < 4.78 is 18.9. The van der Waals surface area contributed by atoms with Crippen molar-refractivity contribution in [3.05, 3.63) is 117 Å². The van der Waals surface area contributed by atoms with E-state index >= 15 is 0 Å². The predicted octanol–water partition coefficient (Wildman–Crippen LogP) is 6.92. The summed E-state index contributed by atoms with van der Waals surface area (Å²) in [7, 11) is 1.38. The Bertz CT molecular complexity index is 1580. The minimum atomic E-state index is -0.946. The van der Waals surface area contributed by atoms with Crippen LogP contribution in [0.2, 0.25) is 10.0 Å². The molecule has 1 aliphatic rings. The van der Waals surface area contributed by atoms with Gasteiger partial charge in [0.05, 0.1) is 29.3 Å². The van der Waals surface area contributed by atoms with Crippen molar-refractivity contribution in [3.63, 3.8) is 0 Å². The quantitative estimate of drug-likeness (QED) is 0.171. The van der Waals surface area contributed by atoms with Crippen molar-refractivity contribution in [2.24, 2.45) is 0 Å². The molecule has 1 heterocycles. The molecule has 5 rings (SSSR count). The molecule has 0 saturated carbocycles. The minimum Gasteiger partial charge on any atom is -0.507 e. The molecule has 5 nitrogen and oxygen atoms in total. The third kappa shape index (κ3) is 4.43. The molecule has 0 spiro atoms. The zero-order valence-electron chi connectivity index (χ0n) is 19.5. The number of likely N-dealkylation sites (tertiary alicyclic amines) is 1. The van der Waals surface area contributed by atoms with Gasteiger partial charge in [-0.2, -0.15) is 0 Å². The topological polar surface area (TPSA) is 66.8 Å². The summed E-state index contributed by atoms with van der Waals surface area (Å²) in [4.78, 5) is 28.3. The van der Waals surface area contributed by atoms with Gasteiger partial charge in [0, 0.05) is 11.6 Å². The lowest BCUT2D eigenvalue weighted by Crippen LogP contribution is -2.29. The highest BCUT2D eigenvalue weighted by atomic mass is 35.5. The number of aliphatic hydroxyl groups excluding tert-OH is 1. The van der Waals surface area contributed by atoms with E-state index in [0.29, 0.717) is 11.1 Å². The lowest BCUT2D eigenvalue weighted by molar-refractivity contribution is -0.140. The molecule has 1 aliphatic heterocycles. The number of fused-ring (bicyclic) bond motifs is 1. The van der Waals surface area contributed by atoms with Crippen molar-refractivity contribution < 1.29 is 23.8 Å². The van der Waals surface area contributed by atoms with Crippen LogP contribution in [-0.4, -0.2) is 28.8 Å². The van der Waals surface area contributed by atoms with Crippen LogP contribution >= 0.6 is 23.2 Å². The summed E-state index contributed by atoms with van der Waals surface area (Å²) in [6.07, 6.45) is 0. The van der Waals surface area contributed by atoms with Gasteiger partial charge in [0.15, 0.2) is 0 Å². The van der Waals surface area contributed by atoms with Crippen LogP contribution in [0.4, 0.5) is 4.39 Å². The van der Waals surface area contributed by atoms with Crippen LogP contribution in [0.15, 0.2) is 84.4 Å². The molecule has 1 fully saturated rings. The van der Waals surface area contributed by atoms with Crippen LogP contribution in [0.1, 0.15) is 22.7 Å². The number of hydrogen-bond donors (Lipinski definition) is 1. The number of rotatable bonds is 5. The van der Waals surface area contributed by atoms with Crippen molar-refractivity contribution in [1.82, 2.24) is 4.90 Å². The Kier molecular flexibility index (Phi) is 6.63. The van der Waals surface area contributed by atoms with Gasteiger partial charge in [0.2, 0.25) is 0 Å². The highest BCUT2D eigenvalue weighted by molar-refractivity contribution is 6.47. The Morgan fingerprint density at radius 3 is 2.43 bits per heavy atom. The van der Waals surface area contributed by atoms with Crippen molar-refractivity contribution in [3.8, 4) is 5.75 Å². The fraction of sp³-hybridized carbons (Fsp3) is 0.103. The molecular weight excluding hydrogens is 516 g/mol. The molecule has 4 aromatic rings. The molecule has 0 aromatic heterocycles. The summed E-state index contributed by atoms with van der Waals surface area (Å²) in [5, 5.41) is 13.6. The Labute approximate surface area is 222 Å². The van der Waals surface area contributed by atoms with Gasteiger partial charge in [-0.3, -0.25) is 9.59 Å². The molecule has 1 atom stereocenters. The molecule has 186 valence electrons. The smallest absolute Gasteiger partial charge is 0.295 e. The maximum atomic E-state index is 13.5. The Morgan fingerprint density at radius 2 is 1.70 bits per heavy atom. The van der Waals surface area contributed by atoms with Crippen LogP contribution in [0.5, 0.6) is 5.75 Å². The average Bonchev–Trinajstić information content (AvgIpc) is 3.13. The lowest BCUT2D eigenvalue weighted by atomic mass is 9.91. The molecule has 37 heavy (non-hydrogen) atoms. The van der Waals surface area contributed by atoms with Gasteiger partial charge in [0.1, 0.15) is 17.3 Å². The maximum absolute atomic E-state index is 13.5. The molecule has 0 bridgehead atoms. The number of aliphatic hydroxyl groups is 1. The number of halogens is 3. The van der Waals surface area contributed by atoms with E-state index in [9.17, 15) is 19.1 Å². The van der Waals surface area contributed by atoms with Crippen LogP contribution in [0.3, 0.4) is 0 Å². The SMILES string of the molecule is COc1c(Cl)cc(Cl)cc1/C(O)=C1\C(=O)C(=O)N(Cc2ccc(F)cc2)C1c1cccc2ccccc12. The number of carbonyl (C=O) groups excluding carboxylic acids is 2. The van der Waals surface area contributed by atoms with E-state index in [4.69, 9.17) is 27.9 Å². The Hall–Kier alpha value is -3.87. The van der Waals surface area contributed by atoms with E-state index in [1.807, 2.05) is 42.5 Å². The molecule has 4 aromatic carbocycles. The van der Waals surface area contributed by atoms with E-state index in [2.05, 4.69) is 0 Å². The number of hydrogen-bond acceptors (Lipinski definition) is 4. The standard InChI is InChI=1S/C29H20Cl2FNO4/c1-37-28-22(13-18(30)14-23(28)31)26(34)24-25(21-8-4-6-17-5-2-3-7-20(17)21)33(29(36)27(24)35)15-16-9-11-19(32)12-10-16/h2-14,25,34H,15H2,1H3/b26-24+. The number of amides is 1. The number of benzene rings is 4. The van der Waals surface area contributed by atoms with Gasteiger partial charge in [-0.1, -0.05) is 77.8 Å². The number of carbonyl (C=O) groups is 2.